The number of rotatable bonds is 4. The lowest BCUT2D eigenvalue weighted by molar-refractivity contribution is -0.131. The van der Waals surface area contributed by atoms with Crippen LogP contribution in [0.4, 0.5) is 18.9 Å². The molecule has 0 spiro atoms. The average Bonchev–Trinajstić information content (AvgIpc) is 2.16. The molecule has 0 aliphatic rings. The van der Waals surface area contributed by atoms with Crippen LogP contribution in [0.1, 0.15) is 16.8 Å². The largest absolute Gasteiger partial charge is 0.478 e. The Morgan fingerprint density at radius 1 is 1.50 bits per heavy atom. The normalized spacial score (nSPS) is 11.2. The predicted octanol–water partition coefficient (Wildman–Crippen LogP) is 2.14. The third kappa shape index (κ3) is 3.76. The van der Waals surface area contributed by atoms with E-state index in [1.807, 2.05) is 0 Å². The van der Waals surface area contributed by atoms with Crippen molar-refractivity contribution < 1.29 is 23.1 Å². The Morgan fingerprint density at radius 3 is 2.75 bits per heavy atom. The van der Waals surface area contributed by atoms with Crippen LogP contribution in [-0.2, 0) is 0 Å². The standard InChI is InChI=1S/C9H9F3N2O2/c10-9(11,12)2-4-14-7-1-3-13-5-6(7)8(15)16/h1,3,5H,2,4H2,(H,13,14)(H,15,16). The van der Waals surface area contributed by atoms with Gasteiger partial charge in [-0.25, -0.2) is 4.79 Å². The number of hydrogen-bond acceptors (Lipinski definition) is 3. The Bertz CT molecular complexity index is 379. The maximum Gasteiger partial charge on any atom is 0.390 e. The number of hydrogen-bond donors (Lipinski definition) is 2. The lowest BCUT2D eigenvalue weighted by Crippen LogP contribution is -2.16. The second-order valence-corrected chi connectivity index (χ2v) is 3.02. The minimum absolute atomic E-state index is 0.131. The average molecular weight is 234 g/mol. The van der Waals surface area contributed by atoms with E-state index in [1.54, 1.807) is 0 Å². The van der Waals surface area contributed by atoms with Gasteiger partial charge in [-0.05, 0) is 6.07 Å². The summed E-state index contributed by atoms with van der Waals surface area (Å²) in [5.41, 5.74) is -0.0172. The lowest BCUT2D eigenvalue weighted by Gasteiger charge is -2.10. The number of alkyl halides is 3. The van der Waals surface area contributed by atoms with Gasteiger partial charge in [-0.2, -0.15) is 13.2 Å². The van der Waals surface area contributed by atoms with Gasteiger partial charge in [0, 0.05) is 18.9 Å². The van der Waals surface area contributed by atoms with Crippen molar-refractivity contribution in [3.8, 4) is 0 Å². The zero-order chi connectivity index (χ0) is 12.2. The van der Waals surface area contributed by atoms with Gasteiger partial charge in [0.05, 0.1) is 12.1 Å². The zero-order valence-corrected chi connectivity index (χ0v) is 8.08. The maximum absolute atomic E-state index is 11.8. The highest BCUT2D eigenvalue weighted by Gasteiger charge is 2.26. The molecule has 0 unspecified atom stereocenters. The van der Waals surface area contributed by atoms with Crippen molar-refractivity contribution in [3.05, 3.63) is 24.0 Å². The van der Waals surface area contributed by atoms with Gasteiger partial charge >= 0.3 is 12.1 Å². The van der Waals surface area contributed by atoms with Crippen LogP contribution in [0.3, 0.4) is 0 Å². The second-order valence-electron chi connectivity index (χ2n) is 3.02. The molecule has 2 N–H and O–H groups in total. The van der Waals surface area contributed by atoms with E-state index in [0.717, 1.165) is 6.20 Å². The van der Waals surface area contributed by atoms with Crippen molar-refractivity contribution in [2.45, 2.75) is 12.6 Å². The number of carboxylic acids is 1. The lowest BCUT2D eigenvalue weighted by atomic mass is 10.2. The first kappa shape index (κ1) is 12.3. The van der Waals surface area contributed by atoms with Crippen LogP contribution in [0.15, 0.2) is 18.5 Å². The molecular formula is C9H9F3N2O2. The van der Waals surface area contributed by atoms with Gasteiger partial charge in [0.2, 0.25) is 0 Å². The van der Waals surface area contributed by atoms with Crippen LogP contribution in [0.5, 0.6) is 0 Å². The molecule has 0 bridgehead atoms. The van der Waals surface area contributed by atoms with Gasteiger partial charge in [-0.15, -0.1) is 0 Å². The third-order valence-electron chi connectivity index (χ3n) is 1.78. The number of nitrogens with zero attached hydrogens (tertiary/aromatic N) is 1. The molecular weight excluding hydrogens is 225 g/mol. The summed E-state index contributed by atoms with van der Waals surface area (Å²) >= 11 is 0. The Labute approximate surface area is 89.1 Å². The van der Waals surface area contributed by atoms with E-state index in [2.05, 4.69) is 10.3 Å². The molecule has 0 amide bonds. The zero-order valence-electron chi connectivity index (χ0n) is 8.08. The van der Waals surface area contributed by atoms with E-state index in [1.165, 1.54) is 12.3 Å². The number of aromatic nitrogens is 1. The van der Waals surface area contributed by atoms with Crippen molar-refractivity contribution in [1.82, 2.24) is 4.98 Å². The number of carboxylic acid groups (broad SMARTS) is 1. The molecule has 4 nitrogen and oxygen atoms in total. The fraction of sp³-hybridized carbons (Fsp3) is 0.333. The topological polar surface area (TPSA) is 62.2 Å². The molecule has 16 heavy (non-hydrogen) atoms. The first-order chi connectivity index (χ1) is 7.40. The molecule has 0 fully saturated rings. The van der Waals surface area contributed by atoms with Crippen molar-refractivity contribution in [2.24, 2.45) is 0 Å². The second kappa shape index (κ2) is 4.82. The summed E-state index contributed by atoms with van der Waals surface area (Å²) in [6.07, 6.45) is -2.89. The van der Waals surface area contributed by atoms with Crippen LogP contribution in [0, 0.1) is 0 Å². The van der Waals surface area contributed by atoms with Crippen molar-refractivity contribution >= 4 is 11.7 Å². The van der Waals surface area contributed by atoms with Gasteiger partial charge in [0.1, 0.15) is 5.56 Å². The molecule has 0 aromatic carbocycles. The number of nitrogens with one attached hydrogen (secondary N) is 1. The summed E-state index contributed by atoms with van der Waals surface area (Å²) in [7, 11) is 0. The summed E-state index contributed by atoms with van der Waals surface area (Å²) in [4.78, 5) is 14.3. The van der Waals surface area contributed by atoms with E-state index in [9.17, 15) is 18.0 Å². The predicted molar refractivity (Wildman–Crippen MR) is 50.4 cm³/mol. The minimum atomic E-state index is -4.26. The van der Waals surface area contributed by atoms with Crippen LogP contribution >= 0.6 is 0 Å². The van der Waals surface area contributed by atoms with Crippen LogP contribution in [0.2, 0.25) is 0 Å². The SMILES string of the molecule is O=C(O)c1cnccc1NCCC(F)(F)F. The first-order valence-corrected chi connectivity index (χ1v) is 4.38. The maximum atomic E-state index is 11.8. The van der Waals surface area contributed by atoms with E-state index in [-0.39, 0.29) is 17.8 Å². The molecule has 0 radical (unpaired) electrons. The highest BCUT2D eigenvalue weighted by molar-refractivity contribution is 5.93. The summed E-state index contributed by atoms with van der Waals surface area (Å²) in [5, 5.41) is 11.1. The van der Waals surface area contributed by atoms with E-state index in [4.69, 9.17) is 5.11 Å². The first-order valence-electron chi connectivity index (χ1n) is 4.38. The summed E-state index contributed by atoms with van der Waals surface area (Å²) in [6, 6.07) is 1.32. The Balaban J connectivity index is 2.64. The molecule has 0 aliphatic heterocycles. The molecule has 88 valence electrons. The monoisotopic (exact) mass is 234 g/mol. The van der Waals surface area contributed by atoms with E-state index < -0.39 is 18.6 Å². The summed E-state index contributed by atoms with van der Waals surface area (Å²) in [6.45, 7) is -0.367. The van der Waals surface area contributed by atoms with E-state index in [0.29, 0.717) is 0 Å². The summed E-state index contributed by atoms with van der Waals surface area (Å²) < 4.78 is 35.5. The molecule has 0 saturated heterocycles. The van der Waals surface area contributed by atoms with Crippen LogP contribution in [0.25, 0.3) is 0 Å². The molecule has 0 aliphatic carbocycles. The smallest absolute Gasteiger partial charge is 0.390 e. The van der Waals surface area contributed by atoms with Crippen molar-refractivity contribution in [3.63, 3.8) is 0 Å². The van der Waals surface area contributed by atoms with Gasteiger partial charge < -0.3 is 10.4 Å². The Morgan fingerprint density at radius 2 is 2.19 bits per heavy atom. The molecule has 1 aromatic heterocycles. The third-order valence-corrected chi connectivity index (χ3v) is 1.78. The van der Waals surface area contributed by atoms with E-state index >= 15 is 0 Å². The van der Waals surface area contributed by atoms with Crippen molar-refractivity contribution in [1.29, 1.82) is 0 Å². The molecule has 1 heterocycles. The fourth-order valence-electron chi connectivity index (χ4n) is 1.06. The number of carbonyl (C=O) groups is 1. The fourth-order valence-corrected chi connectivity index (χ4v) is 1.06. The molecule has 0 atom stereocenters. The molecule has 1 rings (SSSR count). The number of aromatic carboxylic acids is 1. The summed E-state index contributed by atoms with van der Waals surface area (Å²) in [5.74, 6) is -1.23. The number of halogens is 3. The van der Waals surface area contributed by atoms with Gasteiger partial charge in [-0.1, -0.05) is 0 Å². The quantitative estimate of drug-likeness (QED) is 0.837. The highest BCUT2D eigenvalue weighted by Crippen LogP contribution is 2.20. The van der Waals surface area contributed by atoms with Gasteiger partial charge in [0.15, 0.2) is 0 Å². The Hall–Kier alpha value is -1.79. The molecule has 1 aromatic rings. The minimum Gasteiger partial charge on any atom is -0.478 e. The molecule has 0 saturated carbocycles. The highest BCUT2D eigenvalue weighted by atomic mass is 19.4. The van der Waals surface area contributed by atoms with Gasteiger partial charge in [0.25, 0.3) is 0 Å². The van der Waals surface area contributed by atoms with Crippen molar-refractivity contribution in [2.75, 3.05) is 11.9 Å². The van der Waals surface area contributed by atoms with Crippen LogP contribution in [-0.4, -0.2) is 28.8 Å². The molecule has 7 heteroatoms. The number of anilines is 1. The van der Waals surface area contributed by atoms with Crippen LogP contribution < -0.4 is 5.32 Å². The van der Waals surface area contributed by atoms with Gasteiger partial charge in [-0.3, -0.25) is 4.98 Å². The Kier molecular flexibility index (Phi) is 3.70. The number of pyridine rings is 1.